The van der Waals surface area contributed by atoms with Crippen molar-refractivity contribution in [2.45, 2.75) is 54.9 Å². The van der Waals surface area contributed by atoms with Crippen molar-refractivity contribution in [3.63, 3.8) is 0 Å². The molecule has 0 radical (unpaired) electrons. The topological polar surface area (TPSA) is 138 Å². The van der Waals surface area contributed by atoms with Gasteiger partial charge in [0.2, 0.25) is 0 Å². The summed E-state index contributed by atoms with van der Waals surface area (Å²) in [6.07, 6.45) is 3.77. The van der Waals surface area contributed by atoms with E-state index in [4.69, 9.17) is 4.74 Å². The van der Waals surface area contributed by atoms with E-state index >= 15 is 0 Å². The molecule has 46 heavy (non-hydrogen) atoms. The van der Waals surface area contributed by atoms with E-state index in [1.165, 1.54) is 24.3 Å². The third-order valence-corrected chi connectivity index (χ3v) is 12.0. The van der Waals surface area contributed by atoms with Gasteiger partial charge in [0.05, 0.1) is 22.5 Å². The molecular weight excluding hydrogens is 643 g/mol. The largest absolute Gasteiger partial charge is 0.493 e. The maximum Gasteiger partial charge on any atom is 0.294 e. The molecule has 240 valence electrons. The fraction of sp³-hybridized carbons (Fsp3) is 0.229. The van der Waals surface area contributed by atoms with Gasteiger partial charge in [-0.2, -0.15) is 16.8 Å². The summed E-state index contributed by atoms with van der Waals surface area (Å²) in [5.74, 6) is 0.650. The van der Waals surface area contributed by atoms with Crippen LogP contribution in [0.4, 0.5) is 0 Å². The van der Waals surface area contributed by atoms with E-state index in [9.17, 15) is 31.0 Å². The quantitative estimate of drug-likeness (QED) is 0.113. The normalized spacial score (nSPS) is 15.4. The van der Waals surface area contributed by atoms with E-state index < -0.39 is 34.3 Å². The molecule has 11 heteroatoms. The second-order valence-electron chi connectivity index (χ2n) is 11.1. The molecule has 0 aliphatic heterocycles. The highest BCUT2D eigenvalue weighted by molar-refractivity contribution is 7.86. The van der Waals surface area contributed by atoms with Crippen molar-refractivity contribution in [1.82, 2.24) is 0 Å². The first-order valence-electron chi connectivity index (χ1n) is 14.8. The summed E-state index contributed by atoms with van der Waals surface area (Å²) in [7, 11) is -10.0. The number of rotatable bonds is 10. The Balaban J connectivity index is 1.40. The van der Waals surface area contributed by atoms with E-state index in [0.29, 0.717) is 18.8 Å². The van der Waals surface area contributed by atoms with Gasteiger partial charge in [0.25, 0.3) is 20.2 Å². The van der Waals surface area contributed by atoms with Crippen LogP contribution in [0.3, 0.4) is 0 Å². The zero-order valence-corrected chi connectivity index (χ0v) is 27.7. The number of ether oxygens (including phenoxy) is 1. The first-order chi connectivity index (χ1) is 21.9. The van der Waals surface area contributed by atoms with Gasteiger partial charge in [0.1, 0.15) is 5.75 Å². The van der Waals surface area contributed by atoms with Crippen LogP contribution in [-0.2, 0) is 20.2 Å². The second-order valence-corrected chi connectivity index (χ2v) is 16.1. The third kappa shape index (κ3) is 8.41. The monoisotopic (exact) mass is 678 g/mol. The molecule has 1 saturated carbocycles. The van der Waals surface area contributed by atoms with Gasteiger partial charge in [-0.15, -0.1) is 5.73 Å². The van der Waals surface area contributed by atoms with Gasteiger partial charge < -0.3 is 9.84 Å². The number of aliphatic hydroxyl groups excluding tert-OH is 1. The zero-order chi connectivity index (χ0) is 32.9. The van der Waals surface area contributed by atoms with Crippen molar-refractivity contribution in [3.8, 4) is 5.75 Å². The van der Waals surface area contributed by atoms with Crippen LogP contribution in [-0.4, -0.2) is 43.8 Å². The lowest BCUT2D eigenvalue weighted by molar-refractivity contribution is 0.179. The molecule has 3 N–H and O–H groups in total. The zero-order valence-electron chi connectivity index (χ0n) is 25.2. The van der Waals surface area contributed by atoms with Crippen LogP contribution in [0.1, 0.15) is 43.2 Å². The molecule has 8 nitrogen and oxygen atoms in total. The predicted molar refractivity (Wildman–Crippen MR) is 181 cm³/mol. The van der Waals surface area contributed by atoms with Gasteiger partial charge in [-0.1, -0.05) is 67.1 Å². The Bertz CT molecular complexity index is 1890. The van der Waals surface area contributed by atoms with Crippen LogP contribution < -0.4 is 20.7 Å². The standard InChI is InChI=1S/C35H35O8PS2/c1-25-6-2-4-8-34(25)26(24-27-7-3-5-9-35(27)36)22-23-43-28-10-12-29(13-11-28)44(30-14-18-32(19-15-30)45(37,38)39)31-16-20-33(21-17-31)46(40,41)42/h2,4,6,8,10-21,35-36H,3,5,7,9,22-23H2,1H3,(H,37,38,39)(H,40,41,42)/t24?,35-/m1/s1. The summed E-state index contributed by atoms with van der Waals surface area (Å²) < 4.78 is 71.5. The molecule has 0 bridgehead atoms. The van der Waals surface area contributed by atoms with Crippen LogP contribution in [0, 0.1) is 6.92 Å². The first-order valence-corrected chi connectivity index (χ1v) is 19.0. The maximum absolute atomic E-state index is 11.6. The van der Waals surface area contributed by atoms with Crippen LogP contribution in [0.5, 0.6) is 5.75 Å². The molecule has 1 aliphatic rings. The Morgan fingerprint density at radius 2 is 1.30 bits per heavy atom. The van der Waals surface area contributed by atoms with E-state index in [0.717, 1.165) is 63.9 Å². The number of aliphatic hydroxyl groups is 1. The fourth-order valence-electron chi connectivity index (χ4n) is 5.45. The van der Waals surface area contributed by atoms with Crippen molar-refractivity contribution in [1.29, 1.82) is 0 Å². The highest BCUT2D eigenvalue weighted by atomic mass is 32.2. The molecule has 0 saturated heterocycles. The van der Waals surface area contributed by atoms with Crippen LogP contribution in [0.2, 0.25) is 0 Å². The van der Waals surface area contributed by atoms with Crippen LogP contribution >= 0.6 is 7.92 Å². The molecule has 4 aromatic rings. The minimum atomic E-state index is -4.37. The Hall–Kier alpha value is -3.59. The van der Waals surface area contributed by atoms with Crippen molar-refractivity contribution in [2.75, 3.05) is 6.61 Å². The molecule has 0 amide bonds. The fourth-order valence-corrected chi connectivity index (χ4v) is 8.65. The summed E-state index contributed by atoms with van der Waals surface area (Å²) in [5.41, 5.74) is 7.68. The van der Waals surface area contributed by atoms with Crippen LogP contribution in [0.25, 0.3) is 5.57 Å². The van der Waals surface area contributed by atoms with Gasteiger partial charge >= 0.3 is 0 Å². The average Bonchev–Trinajstić information content (AvgIpc) is 3.02. The molecule has 0 unspecified atom stereocenters. The smallest absolute Gasteiger partial charge is 0.294 e. The minimum Gasteiger partial charge on any atom is -0.493 e. The van der Waals surface area contributed by atoms with Crippen molar-refractivity contribution >= 4 is 49.6 Å². The van der Waals surface area contributed by atoms with Gasteiger partial charge in [-0.25, -0.2) is 0 Å². The third-order valence-electron chi connectivity index (χ3n) is 7.86. The Morgan fingerprint density at radius 3 is 1.80 bits per heavy atom. The van der Waals surface area contributed by atoms with Crippen molar-refractivity contribution < 1.29 is 35.8 Å². The number of benzene rings is 4. The van der Waals surface area contributed by atoms with Crippen LogP contribution in [0.15, 0.2) is 118 Å². The van der Waals surface area contributed by atoms with E-state index in [2.05, 4.69) is 24.8 Å². The van der Waals surface area contributed by atoms with Gasteiger partial charge in [0.15, 0.2) is 0 Å². The predicted octanol–water partition coefficient (Wildman–Crippen LogP) is 5.56. The number of hydrogen-bond acceptors (Lipinski definition) is 6. The Kier molecular flexibility index (Phi) is 10.6. The van der Waals surface area contributed by atoms with Gasteiger partial charge in [-0.3, -0.25) is 9.11 Å². The van der Waals surface area contributed by atoms with Crippen molar-refractivity contribution in [3.05, 3.63) is 119 Å². The summed E-state index contributed by atoms with van der Waals surface area (Å²) in [6.45, 7) is 2.45. The summed E-state index contributed by atoms with van der Waals surface area (Å²) in [5, 5.41) is 13.0. The molecule has 1 atom stereocenters. The first kappa shape index (κ1) is 33.8. The average molecular weight is 679 g/mol. The van der Waals surface area contributed by atoms with E-state index in [-0.39, 0.29) is 9.79 Å². The lowest BCUT2D eigenvalue weighted by atomic mass is 9.90. The molecule has 5 rings (SSSR count). The summed E-state index contributed by atoms with van der Waals surface area (Å²) >= 11 is 0. The summed E-state index contributed by atoms with van der Waals surface area (Å²) in [6, 6.07) is 27.4. The Labute approximate surface area is 271 Å². The molecule has 0 aromatic heterocycles. The van der Waals surface area contributed by atoms with Crippen molar-refractivity contribution in [2.24, 2.45) is 0 Å². The SMILES string of the molecule is Cc1ccccc1C(=C=C1CCCC[C@H]1O)CCOc1ccc(P(c2ccc(S(=O)(=O)O)cc2)c2ccc(S(=O)(=O)O)cc2)cc1. The minimum absolute atomic E-state index is 0.232. The molecule has 4 aromatic carbocycles. The lowest BCUT2D eigenvalue weighted by Gasteiger charge is -2.20. The summed E-state index contributed by atoms with van der Waals surface area (Å²) in [4.78, 5) is -0.464. The molecule has 0 spiro atoms. The highest BCUT2D eigenvalue weighted by Crippen LogP contribution is 2.34. The van der Waals surface area contributed by atoms with Gasteiger partial charge in [0, 0.05) is 17.6 Å². The maximum atomic E-state index is 11.6. The lowest BCUT2D eigenvalue weighted by Crippen LogP contribution is -2.21. The van der Waals surface area contributed by atoms with E-state index in [1.54, 1.807) is 24.3 Å². The highest BCUT2D eigenvalue weighted by Gasteiger charge is 2.20. The molecular formula is C35H35O8PS2. The Morgan fingerprint density at radius 1 is 0.783 bits per heavy atom. The number of hydrogen-bond donors (Lipinski definition) is 3. The second kappa shape index (κ2) is 14.4. The van der Waals surface area contributed by atoms with Gasteiger partial charge in [-0.05, 0) is 97.5 Å². The molecule has 1 fully saturated rings. The number of aryl methyl sites for hydroxylation is 1. The molecule has 1 aliphatic carbocycles. The van der Waals surface area contributed by atoms with E-state index in [1.807, 2.05) is 36.4 Å². The molecule has 0 heterocycles.